The maximum Gasteiger partial charge on any atom is 0.0830 e. The molecule has 0 aliphatic carbocycles. The summed E-state index contributed by atoms with van der Waals surface area (Å²) < 4.78 is 1.96. The van der Waals surface area contributed by atoms with Crippen LogP contribution in [-0.4, -0.2) is 5.11 Å². The molecule has 0 aliphatic heterocycles. The summed E-state index contributed by atoms with van der Waals surface area (Å²) in [7, 11) is 0. The third-order valence-electron chi connectivity index (χ3n) is 3.37. The number of rotatable bonds is 3. The fraction of sp³-hybridized carbons (Fsp3) is 0.250. The number of aryl methyl sites for hydroxylation is 2. The van der Waals surface area contributed by atoms with Crippen molar-refractivity contribution >= 4 is 31.9 Å². The first kappa shape index (κ1) is 14.8. The number of hydrogen-bond donors (Lipinski definition) is 1. The van der Waals surface area contributed by atoms with Crippen molar-refractivity contribution in [3.8, 4) is 0 Å². The molecule has 1 nitrogen and oxygen atoms in total. The Morgan fingerprint density at radius 2 is 1.63 bits per heavy atom. The zero-order valence-corrected chi connectivity index (χ0v) is 14.1. The summed E-state index contributed by atoms with van der Waals surface area (Å²) in [4.78, 5) is 0. The van der Waals surface area contributed by atoms with E-state index in [2.05, 4.69) is 63.9 Å². The van der Waals surface area contributed by atoms with Gasteiger partial charge >= 0.3 is 0 Å². The number of aliphatic hydroxyl groups excluding tert-OH is 1. The second-order valence-corrected chi connectivity index (χ2v) is 6.47. The van der Waals surface area contributed by atoms with Gasteiger partial charge in [-0.1, -0.05) is 24.3 Å². The molecule has 0 bridgehead atoms. The van der Waals surface area contributed by atoms with Crippen molar-refractivity contribution in [3.63, 3.8) is 0 Å². The molecule has 0 heterocycles. The van der Waals surface area contributed by atoms with Gasteiger partial charge in [0.25, 0.3) is 0 Å². The molecule has 2 aromatic rings. The third-order valence-corrected chi connectivity index (χ3v) is 5.25. The smallest absolute Gasteiger partial charge is 0.0830 e. The van der Waals surface area contributed by atoms with Crippen LogP contribution in [0.2, 0.25) is 0 Å². The fourth-order valence-corrected chi connectivity index (χ4v) is 2.84. The van der Waals surface area contributed by atoms with E-state index in [-0.39, 0.29) is 0 Å². The maximum absolute atomic E-state index is 10.4. The van der Waals surface area contributed by atoms with E-state index in [0.717, 1.165) is 14.5 Å². The topological polar surface area (TPSA) is 20.2 Å². The molecule has 0 saturated carbocycles. The first-order valence-corrected chi connectivity index (χ1v) is 7.75. The Morgan fingerprint density at radius 1 is 1.00 bits per heavy atom. The van der Waals surface area contributed by atoms with Crippen LogP contribution in [0.15, 0.2) is 45.3 Å². The van der Waals surface area contributed by atoms with Crippen molar-refractivity contribution in [1.29, 1.82) is 0 Å². The van der Waals surface area contributed by atoms with E-state index in [1.165, 1.54) is 16.7 Å². The lowest BCUT2D eigenvalue weighted by Gasteiger charge is -2.15. The van der Waals surface area contributed by atoms with Gasteiger partial charge in [-0.2, -0.15) is 0 Å². The van der Waals surface area contributed by atoms with E-state index in [1.54, 1.807) is 0 Å². The molecule has 0 amide bonds. The van der Waals surface area contributed by atoms with E-state index in [9.17, 15) is 5.11 Å². The van der Waals surface area contributed by atoms with E-state index in [4.69, 9.17) is 0 Å². The second-order valence-electron chi connectivity index (χ2n) is 4.76. The van der Waals surface area contributed by atoms with Crippen molar-refractivity contribution in [1.82, 2.24) is 0 Å². The van der Waals surface area contributed by atoms with Crippen LogP contribution in [0.5, 0.6) is 0 Å². The molecule has 2 rings (SSSR count). The lowest BCUT2D eigenvalue weighted by Crippen LogP contribution is -2.05. The molecule has 0 aliphatic rings. The van der Waals surface area contributed by atoms with Crippen LogP contribution >= 0.6 is 31.9 Å². The highest BCUT2D eigenvalue weighted by molar-refractivity contribution is 9.13. The molecule has 1 unspecified atom stereocenters. The van der Waals surface area contributed by atoms with Gasteiger partial charge in [-0.3, -0.25) is 0 Å². The monoisotopic (exact) mass is 382 g/mol. The summed E-state index contributed by atoms with van der Waals surface area (Å²) in [5.41, 5.74) is 4.62. The van der Waals surface area contributed by atoms with Gasteiger partial charge in [-0.25, -0.2) is 0 Å². The maximum atomic E-state index is 10.4. The zero-order valence-electron chi connectivity index (χ0n) is 11.0. The number of hydrogen-bond acceptors (Lipinski definition) is 1. The minimum atomic E-state index is -0.482. The van der Waals surface area contributed by atoms with Gasteiger partial charge in [0.15, 0.2) is 0 Å². The molecule has 1 atom stereocenters. The molecule has 0 radical (unpaired) electrons. The minimum absolute atomic E-state index is 0.482. The van der Waals surface area contributed by atoms with Crippen LogP contribution in [0.1, 0.15) is 28.4 Å². The Hall–Kier alpha value is -0.640. The van der Waals surface area contributed by atoms with Crippen LogP contribution in [0.4, 0.5) is 0 Å². The highest BCUT2D eigenvalue weighted by atomic mass is 79.9. The number of benzene rings is 2. The molecule has 1 N–H and O–H groups in total. The molecule has 0 spiro atoms. The number of aliphatic hydroxyl groups is 1. The Labute approximate surface area is 130 Å². The van der Waals surface area contributed by atoms with Crippen LogP contribution in [-0.2, 0) is 6.42 Å². The first-order valence-electron chi connectivity index (χ1n) is 6.17. The van der Waals surface area contributed by atoms with Gasteiger partial charge in [-0.15, -0.1) is 0 Å². The van der Waals surface area contributed by atoms with E-state index in [0.29, 0.717) is 6.42 Å². The molecular formula is C16H16Br2O. The summed E-state index contributed by atoms with van der Waals surface area (Å²) in [6.45, 7) is 4.18. The number of halogens is 2. The van der Waals surface area contributed by atoms with Gasteiger partial charge in [0, 0.05) is 15.4 Å². The summed E-state index contributed by atoms with van der Waals surface area (Å²) >= 11 is 6.91. The summed E-state index contributed by atoms with van der Waals surface area (Å²) in [5.74, 6) is 0. The van der Waals surface area contributed by atoms with Crippen molar-refractivity contribution < 1.29 is 5.11 Å². The summed E-state index contributed by atoms with van der Waals surface area (Å²) in [5, 5.41) is 10.4. The van der Waals surface area contributed by atoms with Crippen molar-refractivity contribution in [2.24, 2.45) is 0 Å². The molecule has 3 heteroatoms. The fourth-order valence-electron chi connectivity index (χ4n) is 2.20. The van der Waals surface area contributed by atoms with Gasteiger partial charge in [0.05, 0.1) is 6.10 Å². The average Bonchev–Trinajstić information content (AvgIpc) is 2.37. The van der Waals surface area contributed by atoms with Gasteiger partial charge in [-0.05, 0) is 80.1 Å². The van der Waals surface area contributed by atoms with Crippen LogP contribution < -0.4 is 0 Å². The minimum Gasteiger partial charge on any atom is -0.388 e. The Morgan fingerprint density at radius 3 is 2.21 bits per heavy atom. The predicted octanol–water partition coefficient (Wildman–Crippen LogP) is 5.10. The van der Waals surface area contributed by atoms with E-state index in [1.807, 2.05) is 18.2 Å². The molecule has 0 saturated heterocycles. The highest BCUT2D eigenvalue weighted by Crippen LogP contribution is 2.29. The Bertz CT molecular complexity index is 573. The SMILES string of the molecule is Cc1cccc(C)c1CC(O)c1ccc(Br)c(Br)c1. The normalized spacial score (nSPS) is 12.5. The molecule has 0 aromatic heterocycles. The molecule has 19 heavy (non-hydrogen) atoms. The Balaban J connectivity index is 2.25. The second kappa shape index (κ2) is 6.21. The highest BCUT2D eigenvalue weighted by Gasteiger charge is 2.13. The van der Waals surface area contributed by atoms with E-state index >= 15 is 0 Å². The van der Waals surface area contributed by atoms with Gasteiger partial charge < -0.3 is 5.11 Å². The van der Waals surface area contributed by atoms with Crippen LogP contribution in [0.3, 0.4) is 0 Å². The largest absolute Gasteiger partial charge is 0.388 e. The lowest BCUT2D eigenvalue weighted by atomic mass is 9.95. The average molecular weight is 384 g/mol. The third kappa shape index (κ3) is 3.47. The zero-order chi connectivity index (χ0) is 14.0. The molecule has 0 fully saturated rings. The first-order chi connectivity index (χ1) is 8.99. The van der Waals surface area contributed by atoms with Gasteiger partial charge in [0.2, 0.25) is 0 Å². The molecule has 100 valence electrons. The quantitative estimate of drug-likeness (QED) is 0.781. The summed E-state index contributed by atoms with van der Waals surface area (Å²) in [6.07, 6.45) is 0.163. The standard InChI is InChI=1S/C16H16Br2O/c1-10-4-3-5-11(2)13(10)9-16(19)12-6-7-14(17)15(18)8-12/h3-8,16,19H,9H2,1-2H3. The van der Waals surface area contributed by atoms with Crippen LogP contribution in [0.25, 0.3) is 0 Å². The van der Waals surface area contributed by atoms with Crippen molar-refractivity contribution in [2.75, 3.05) is 0 Å². The van der Waals surface area contributed by atoms with Crippen molar-refractivity contribution in [3.05, 3.63) is 67.6 Å². The molecule has 2 aromatic carbocycles. The van der Waals surface area contributed by atoms with Crippen molar-refractivity contribution in [2.45, 2.75) is 26.4 Å². The van der Waals surface area contributed by atoms with E-state index < -0.39 is 6.10 Å². The summed E-state index contributed by atoms with van der Waals surface area (Å²) in [6, 6.07) is 12.1. The lowest BCUT2D eigenvalue weighted by molar-refractivity contribution is 0.178. The predicted molar refractivity (Wildman–Crippen MR) is 86.4 cm³/mol. The van der Waals surface area contributed by atoms with Gasteiger partial charge in [0.1, 0.15) is 0 Å². The molecular weight excluding hydrogens is 368 g/mol. The Kier molecular flexibility index (Phi) is 4.82. The van der Waals surface area contributed by atoms with Crippen LogP contribution in [0, 0.1) is 13.8 Å².